The van der Waals surface area contributed by atoms with Gasteiger partial charge in [0, 0.05) is 63.6 Å². The van der Waals surface area contributed by atoms with Crippen LogP contribution in [-0.2, 0) is 26.2 Å². The minimum atomic E-state index is -1.28. The summed E-state index contributed by atoms with van der Waals surface area (Å²) >= 11 is 0. The average molecular weight is 695 g/mol. The number of aromatic amines is 1. The third kappa shape index (κ3) is 4.13. The lowest BCUT2D eigenvalue weighted by Gasteiger charge is -2.28. The van der Waals surface area contributed by atoms with Gasteiger partial charge in [-0.25, -0.2) is 14.8 Å². The molecule has 4 aliphatic heterocycles. The molecular weight excluding hydrogens is 664 g/mol. The number of hydrogen-bond donors (Lipinski definition) is 5. The molecule has 258 valence electrons. The standard InChI is InChI=1S/C39H30N6O7/c1-17(2)31-37-44-33-34(52-37)39-22-7-3-6-20(19-5-4-8-24-30(19)21(15-40-24)27-16-41-36(33)50-27)32(22)45-38(39)51-26-10-9-18(13-23(26)39)14-25(35(49)43-31)42-28(46)11-12-29(47)48/h3-13,15-17,25,31,38,40,45H,14H2,1-2H3,(H,42,46)(H,43,49)(H,47,48)/b12-11+/t25-,31-,38?,39-/m0/s1. The lowest BCUT2D eigenvalue weighted by molar-refractivity contribution is -0.131. The fraction of sp³-hybridized carbons (Fsp3) is 0.205. The smallest absolute Gasteiger partial charge is 0.328 e. The monoisotopic (exact) mass is 694 g/mol. The molecule has 1 unspecified atom stereocenters. The number of carbonyl (C=O) groups is 3. The topological polar surface area (TPSA) is 185 Å². The highest BCUT2D eigenvalue weighted by Gasteiger charge is 2.61. The van der Waals surface area contributed by atoms with E-state index in [1.54, 1.807) is 6.20 Å². The molecule has 4 aliphatic rings. The minimum absolute atomic E-state index is 0.109. The molecule has 1 spiro atoms. The third-order valence-electron chi connectivity index (χ3n) is 10.5. The number of amides is 2. The van der Waals surface area contributed by atoms with Crippen LogP contribution in [0.3, 0.4) is 0 Å². The fourth-order valence-corrected chi connectivity index (χ4v) is 8.22. The van der Waals surface area contributed by atoms with Gasteiger partial charge in [-0.1, -0.05) is 56.3 Å². The Morgan fingerprint density at radius 2 is 1.87 bits per heavy atom. The van der Waals surface area contributed by atoms with Crippen LogP contribution in [0, 0.1) is 5.92 Å². The van der Waals surface area contributed by atoms with Crippen molar-refractivity contribution >= 4 is 34.4 Å². The number of fused-ring (bicyclic) bond motifs is 7. The number of nitrogens with one attached hydrogen (secondary N) is 4. The van der Waals surface area contributed by atoms with E-state index in [-0.39, 0.29) is 24.1 Å². The molecular formula is C39H30N6O7. The maximum absolute atomic E-state index is 14.0. The number of carboxylic acids is 1. The number of oxazole rings is 2. The van der Waals surface area contributed by atoms with E-state index in [2.05, 4.69) is 39.1 Å². The maximum atomic E-state index is 14.0. The van der Waals surface area contributed by atoms with Crippen LogP contribution < -0.4 is 20.7 Å². The van der Waals surface area contributed by atoms with E-state index >= 15 is 0 Å². The Morgan fingerprint density at radius 3 is 2.71 bits per heavy atom. The Morgan fingerprint density at radius 1 is 1.02 bits per heavy atom. The highest BCUT2D eigenvalue weighted by Crippen LogP contribution is 2.61. The number of anilines is 1. The predicted molar refractivity (Wildman–Crippen MR) is 187 cm³/mol. The van der Waals surface area contributed by atoms with Gasteiger partial charge in [-0.3, -0.25) is 9.59 Å². The fourth-order valence-electron chi connectivity index (χ4n) is 8.22. The molecule has 52 heavy (non-hydrogen) atoms. The number of carboxylic acid groups (broad SMARTS) is 1. The summed E-state index contributed by atoms with van der Waals surface area (Å²) in [6.07, 6.45) is 4.67. The zero-order valence-electron chi connectivity index (χ0n) is 27.8. The number of nitrogens with zero attached hydrogens (tertiary/aromatic N) is 2. The van der Waals surface area contributed by atoms with Crippen molar-refractivity contribution in [3.05, 3.63) is 107 Å². The van der Waals surface area contributed by atoms with Crippen molar-refractivity contribution in [1.82, 2.24) is 25.6 Å². The Labute approximate surface area is 295 Å². The molecule has 7 heterocycles. The largest absolute Gasteiger partial charge is 0.478 e. The number of hydrogen-bond acceptors (Lipinski definition) is 9. The molecule has 13 nitrogen and oxygen atoms in total. The van der Waals surface area contributed by atoms with Gasteiger partial charge in [0.15, 0.2) is 23.4 Å². The predicted octanol–water partition coefficient (Wildman–Crippen LogP) is 5.43. The van der Waals surface area contributed by atoms with E-state index in [4.69, 9.17) is 28.6 Å². The van der Waals surface area contributed by atoms with Gasteiger partial charge in [-0.2, -0.15) is 0 Å². The summed E-state index contributed by atoms with van der Waals surface area (Å²) in [5, 5.41) is 19.6. The molecule has 0 fully saturated rings. The molecule has 2 amide bonds. The highest BCUT2D eigenvalue weighted by molar-refractivity contribution is 6.07. The van der Waals surface area contributed by atoms with E-state index in [9.17, 15) is 14.4 Å². The van der Waals surface area contributed by atoms with E-state index in [1.165, 1.54) is 0 Å². The highest BCUT2D eigenvalue weighted by atomic mass is 16.5. The number of para-hydroxylation sites is 1. The Balaban J connectivity index is 1.27. The SMILES string of the molecule is CC(C)[C@@H]1NC(=O)[C@@H](NC(=O)/C=C/C(=O)O)Cc2ccc3c(c2)[C@]24c5cccc(c5NC2O3)-c2cccc3[nH]cc(c23)-c2cnc(o2)-c2nc1oc24. The van der Waals surface area contributed by atoms with E-state index in [1.807, 2.05) is 56.4 Å². The molecule has 13 heteroatoms. The first-order valence-electron chi connectivity index (χ1n) is 17.0. The molecule has 10 bridgehead atoms. The first-order valence-corrected chi connectivity index (χ1v) is 17.0. The van der Waals surface area contributed by atoms with Crippen molar-refractivity contribution in [2.75, 3.05) is 5.32 Å². The second-order valence-electron chi connectivity index (χ2n) is 13.9. The van der Waals surface area contributed by atoms with Crippen LogP contribution in [0.5, 0.6) is 5.75 Å². The molecule has 5 N–H and O–H groups in total. The van der Waals surface area contributed by atoms with E-state index in [0.717, 1.165) is 62.1 Å². The van der Waals surface area contributed by atoms with Gasteiger partial charge >= 0.3 is 5.97 Å². The van der Waals surface area contributed by atoms with Crippen LogP contribution in [0.2, 0.25) is 0 Å². The number of aliphatic carboxylic acids is 1. The summed E-state index contributed by atoms with van der Waals surface area (Å²) in [4.78, 5) is 51.2. The second kappa shape index (κ2) is 10.7. The summed E-state index contributed by atoms with van der Waals surface area (Å²) in [5.41, 5.74) is 6.33. The van der Waals surface area contributed by atoms with Gasteiger partial charge in [0.25, 0.3) is 0 Å². The molecule has 0 aliphatic carbocycles. The van der Waals surface area contributed by atoms with Gasteiger partial charge in [0.2, 0.25) is 23.6 Å². The first kappa shape index (κ1) is 30.2. The summed E-state index contributed by atoms with van der Waals surface area (Å²) in [6, 6.07) is 16.2. The molecule has 0 radical (unpaired) electrons. The summed E-state index contributed by atoms with van der Waals surface area (Å²) in [7, 11) is 0. The molecule has 10 rings (SSSR count). The normalized spacial score (nSPS) is 21.9. The van der Waals surface area contributed by atoms with Crippen molar-refractivity contribution in [3.63, 3.8) is 0 Å². The number of ether oxygens (including phenoxy) is 1. The quantitative estimate of drug-likeness (QED) is 0.149. The van der Waals surface area contributed by atoms with Crippen molar-refractivity contribution in [1.29, 1.82) is 0 Å². The first-order chi connectivity index (χ1) is 25.2. The third-order valence-corrected chi connectivity index (χ3v) is 10.5. The maximum Gasteiger partial charge on any atom is 0.328 e. The lowest BCUT2D eigenvalue weighted by Crippen LogP contribution is -2.49. The van der Waals surface area contributed by atoms with Crippen LogP contribution in [0.1, 0.15) is 48.2 Å². The number of benzene rings is 3. The Bertz CT molecular complexity index is 2560. The minimum Gasteiger partial charge on any atom is -0.478 e. The number of H-pyrrole nitrogens is 1. The summed E-state index contributed by atoms with van der Waals surface area (Å²) < 4.78 is 20.3. The van der Waals surface area contributed by atoms with Crippen LogP contribution in [0.15, 0.2) is 88.0 Å². The van der Waals surface area contributed by atoms with Crippen molar-refractivity contribution < 1.29 is 33.1 Å². The van der Waals surface area contributed by atoms with Crippen LogP contribution in [0.25, 0.3) is 44.9 Å². The van der Waals surface area contributed by atoms with Crippen molar-refractivity contribution in [2.24, 2.45) is 5.92 Å². The molecule has 3 aromatic heterocycles. The van der Waals surface area contributed by atoms with Crippen molar-refractivity contribution in [2.45, 2.75) is 44.0 Å². The average Bonchev–Trinajstić information content (AvgIpc) is 3.95. The molecule has 0 saturated heterocycles. The van der Waals surface area contributed by atoms with Gasteiger partial charge in [0.05, 0.1) is 6.20 Å². The van der Waals surface area contributed by atoms with E-state index < -0.39 is 41.5 Å². The zero-order valence-corrected chi connectivity index (χ0v) is 27.8. The van der Waals surface area contributed by atoms with Gasteiger partial charge in [-0.05, 0) is 29.2 Å². The van der Waals surface area contributed by atoms with Gasteiger partial charge < -0.3 is 39.6 Å². The second-order valence-corrected chi connectivity index (χ2v) is 13.9. The van der Waals surface area contributed by atoms with Crippen LogP contribution >= 0.6 is 0 Å². The summed E-state index contributed by atoms with van der Waals surface area (Å²) in [6.45, 7) is 3.87. The van der Waals surface area contributed by atoms with Gasteiger partial charge in [-0.15, -0.1) is 0 Å². The number of carbonyl (C=O) groups excluding carboxylic acids is 2. The zero-order chi connectivity index (χ0) is 35.5. The summed E-state index contributed by atoms with van der Waals surface area (Å²) in [5.74, 6) is -0.598. The molecule has 6 aromatic rings. The van der Waals surface area contributed by atoms with Crippen molar-refractivity contribution in [3.8, 4) is 39.8 Å². The lowest BCUT2D eigenvalue weighted by atomic mass is 9.72. The van der Waals surface area contributed by atoms with Crippen LogP contribution in [-0.4, -0.2) is 50.1 Å². The Kier molecular flexibility index (Phi) is 6.21. The number of rotatable bonds is 4. The molecule has 0 saturated carbocycles. The van der Waals surface area contributed by atoms with E-state index in [0.29, 0.717) is 23.0 Å². The Hall–Kier alpha value is -6.63. The number of aromatic nitrogens is 3. The van der Waals surface area contributed by atoms with Crippen LogP contribution in [0.4, 0.5) is 5.69 Å². The molecule has 4 atom stereocenters. The van der Waals surface area contributed by atoms with Gasteiger partial charge in [0.1, 0.15) is 23.2 Å². The molecule has 3 aromatic carbocycles.